The quantitative estimate of drug-likeness (QED) is 0.548. The molecule has 0 aromatic heterocycles. The topological polar surface area (TPSA) is 69.7 Å². The number of likely N-dealkylation sites (tertiary alicyclic amines) is 1. The van der Waals surface area contributed by atoms with Crippen LogP contribution in [0.5, 0.6) is 0 Å². The van der Waals surface area contributed by atoms with Gasteiger partial charge in [-0.1, -0.05) is 18.2 Å². The van der Waals surface area contributed by atoms with Gasteiger partial charge in [-0.15, -0.1) is 23.5 Å². The smallest absolute Gasteiger partial charge is 0.250 e. The number of anilines is 2. The lowest BCUT2D eigenvalue weighted by atomic mass is 10.1. The van der Waals surface area contributed by atoms with Crippen LogP contribution in [0, 0.1) is 0 Å². The number of amides is 3. The highest BCUT2D eigenvalue weighted by Crippen LogP contribution is 2.40. The maximum atomic E-state index is 13.3. The van der Waals surface area contributed by atoms with Gasteiger partial charge in [0, 0.05) is 28.6 Å². The summed E-state index contributed by atoms with van der Waals surface area (Å²) >= 11 is 2.88. The second-order valence-corrected chi connectivity index (χ2v) is 9.58. The van der Waals surface area contributed by atoms with Crippen LogP contribution in [-0.2, 0) is 14.4 Å². The van der Waals surface area contributed by atoms with Crippen molar-refractivity contribution in [3.8, 4) is 0 Å². The molecule has 31 heavy (non-hydrogen) atoms. The summed E-state index contributed by atoms with van der Waals surface area (Å²) in [7, 11) is 0. The van der Waals surface area contributed by atoms with E-state index >= 15 is 0 Å². The first-order chi connectivity index (χ1) is 15.1. The minimum Gasteiger partial charge on any atom is -0.341 e. The molecule has 4 rings (SSSR count). The highest BCUT2D eigenvalue weighted by Gasteiger charge is 2.40. The molecular weight excluding hydrogens is 430 g/mol. The van der Waals surface area contributed by atoms with Crippen molar-refractivity contribution in [2.45, 2.75) is 34.3 Å². The van der Waals surface area contributed by atoms with Gasteiger partial charge in [0.25, 0.3) is 5.91 Å². The number of carbonyl (C=O) groups excluding carboxylic acids is 3. The Hall–Kier alpha value is -2.45. The fourth-order valence-corrected chi connectivity index (χ4v) is 5.51. The zero-order chi connectivity index (χ0) is 21.8. The average molecular weight is 456 g/mol. The number of nitrogens with zero attached hydrogens (tertiary/aromatic N) is 2. The molecule has 0 saturated carbocycles. The lowest BCUT2D eigenvalue weighted by Crippen LogP contribution is -2.52. The van der Waals surface area contributed by atoms with E-state index in [9.17, 15) is 14.4 Å². The molecule has 2 aromatic rings. The van der Waals surface area contributed by atoms with Gasteiger partial charge in [0.1, 0.15) is 6.54 Å². The van der Waals surface area contributed by atoms with Crippen molar-refractivity contribution in [3.63, 3.8) is 0 Å². The van der Waals surface area contributed by atoms with Crippen molar-refractivity contribution < 1.29 is 14.4 Å². The molecule has 162 valence electrons. The molecule has 1 atom stereocenters. The summed E-state index contributed by atoms with van der Waals surface area (Å²) in [6, 6.07) is 15.0. The number of rotatable bonds is 5. The van der Waals surface area contributed by atoms with E-state index in [0.717, 1.165) is 29.1 Å². The third kappa shape index (κ3) is 4.91. The van der Waals surface area contributed by atoms with Gasteiger partial charge in [0.05, 0.1) is 5.69 Å². The van der Waals surface area contributed by atoms with Gasteiger partial charge < -0.3 is 15.1 Å². The van der Waals surface area contributed by atoms with E-state index in [0.29, 0.717) is 24.5 Å². The van der Waals surface area contributed by atoms with Crippen LogP contribution in [0.1, 0.15) is 19.3 Å². The molecule has 6 nitrogen and oxygen atoms in total. The molecule has 2 heterocycles. The molecule has 0 bridgehead atoms. The predicted molar refractivity (Wildman–Crippen MR) is 126 cm³/mol. The zero-order valence-corrected chi connectivity index (χ0v) is 19.0. The van der Waals surface area contributed by atoms with Gasteiger partial charge >= 0.3 is 0 Å². The predicted octanol–water partition coefficient (Wildman–Crippen LogP) is 3.87. The second-order valence-electron chi connectivity index (χ2n) is 7.56. The number of piperidine rings is 1. The highest BCUT2D eigenvalue weighted by atomic mass is 32.2. The van der Waals surface area contributed by atoms with Crippen LogP contribution in [0.25, 0.3) is 0 Å². The molecule has 1 N–H and O–H groups in total. The number of para-hydroxylation sites is 1. The van der Waals surface area contributed by atoms with Crippen molar-refractivity contribution in [2.24, 2.45) is 0 Å². The third-order valence-electron chi connectivity index (χ3n) is 5.44. The van der Waals surface area contributed by atoms with Gasteiger partial charge in [-0.25, -0.2) is 0 Å². The maximum absolute atomic E-state index is 13.3. The van der Waals surface area contributed by atoms with Crippen LogP contribution in [0.15, 0.2) is 58.3 Å². The standard InChI is InChI=1S/C23H25N3O3S2/c1-30-17-9-7-8-16(14-17)24-20(27)15-26-18-10-3-4-11-19(18)31-21(23(26)29)22(28)25-12-5-2-6-13-25/h3-4,7-11,14,21H,2,5-6,12-13,15H2,1H3,(H,24,27)/t21-/m0/s1. The molecule has 0 aliphatic carbocycles. The molecule has 0 unspecified atom stereocenters. The Morgan fingerprint density at radius 3 is 2.65 bits per heavy atom. The van der Waals surface area contributed by atoms with E-state index in [1.54, 1.807) is 16.7 Å². The third-order valence-corrected chi connectivity index (χ3v) is 7.40. The number of thioether (sulfide) groups is 2. The lowest BCUT2D eigenvalue weighted by Gasteiger charge is -2.36. The van der Waals surface area contributed by atoms with Crippen LogP contribution in [0.3, 0.4) is 0 Å². The first kappa shape index (κ1) is 21.8. The van der Waals surface area contributed by atoms with Crippen LogP contribution < -0.4 is 10.2 Å². The summed E-state index contributed by atoms with van der Waals surface area (Å²) in [5.74, 6) is -0.771. The van der Waals surface area contributed by atoms with Gasteiger partial charge in [-0.2, -0.15) is 0 Å². The van der Waals surface area contributed by atoms with Crippen LogP contribution in [-0.4, -0.2) is 53.8 Å². The van der Waals surface area contributed by atoms with Crippen LogP contribution in [0.4, 0.5) is 11.4 Å². The molecule has 0 radical (unpaired) electrons. The largest absolute Gasteiger partial charge is 0.341 e. The Bertz CT molecular complexity index is 992. The van der Waals surface area contributed by atoms with Gasteiger partial charge in [0.2, 0.25) is 11.8 Å². The molecule has 1 fully saturated rings. The van der Waals surface area contributed by atoms with Crippen LogP contribution >= 0.6 is 23.5 Å². The number of hydrogen-bond donors (Lipinski definition) is 1. The fraction of sp³-hybridized carbons (Fsp3) is 0.348. The zero-order valence-electron chi connectivity index (χ0n) is 17.4. The Labute approximate surface area is 190 Å². The minimum atomic E-state index is -0.847. The minimum absolute atomic E-state index is 0.135. The molecule has 0 spiro atoms. The number of nitrogens with one attached hydrogen (secondary N) is 1. The Kier molecular flexibility index (Phi) is 6.87. The van der Waals surface area contributed by atoms with Crippen LogP contribution in [0.2, 0.25) is 0 Å². The maximum Gasteiger partial charge on any atom is 0.250 e. The second kappa shape index (κ2) is 9.78. The number of fused-ring (bicyclic) bond motifs is 1. The monoisotopic (exact) mass is 455 g/mol. The number of benzene rings is 2. The van der Waals surface area contributed by atoms with Gasteiger partial charge in [-0.05, 0) is 55.9 Å². The van der Waals surface area contributed by atoms with Crippen molar-refractivity contribution in [3.05, 3.63) is 48.5 Å². The van der Waals surface area contributed by atoms with E-state index in [1.165, 1.54) is 16.7 Å². The van der Waals surface area contributed by atoms with Crippen molar-refractivity contribution >= 4 is 52.6 Å². The summed E-state index contributed by atoms with van der Waals surface area (Å²) in [6.07, 6.45) is 5.02. The van der Waals surface area contributed by atoms with E-state index in [2.05, 4.69) is 5.32 Å². The Morgan fingerprint density at radius 1 is 1.10 bits per heavy atom. The van der Waals surface area contributed by atoms with Gasteiger partial charge in [-0.3, -0.25) is 14.4 Å². The molecular formula is C23H25N3O3S2. The summed E-state index contributed by atoms with van der Waals surface area (Å²) in [5, 5.41) is 2.03. The first-order valence-electron chi connectivity index (χ1n) is 10.4. The Balaban J connectivity index is 1.54. The summed E-state index contributed by atoms with van der Waals surface area (Å²) in [5.41, 5.74) is 1.36. The normalized spacial score (nSPS) is 18.5. The molecule has 2 aliphatic heterocycles. The molecule has 1 saturated heterocycles. The summed E-state index contributed by atoms with van der Waals surface area (Å²) < 4.78 is 0. The van der Waals surface area contributed by atoms with E-state index < -0.39 is 5.25 Å². The number of carbonyl (C=O) groups is 3. The number of hydrogen-bond acceptors (Lipinski definition) is 5. The first-order valence-corrected chi connectivity index (χ1v) is 12.5. The molecule has 8 heteroatoms. The summed E-state index contributed by atoms with van der Waals surface area (Å²) in [4.78, 5) is 44.4. The van der Waals surface area contributed by atoms with Gasteiger partial charge in [0.15, 0.2) is 5.25 Å². The van der Waals surface area contributed by atoms with E-state index in [1.807, 2.05) is 54.8 Å². The Morgan fingerprint density at radius 2 is 1.87 bits per heavy atom. The fourth-order valence-electron chi connectivity index (χ4n) is 3.86. The average Bonchev–Trinajstić information content (AvgIpc) is 2.81. The highest BCUT2D eigenvalue weighted by molar-refractivity contribution is 8.01. The van der Waals surface area contributed by atoms with Crippen molar-refractivity contribution in [2.75, 3.05) is 36.1 Å². The van der Waals surface area contributed by atoms with E-state index in [4.69, 9.17) is 0 Å². The van der Waals surface area contributed by atoms with Crippen molar-refractivity contribution in [1.29, 1.82) is 0 Å². The SMILES string of the molecule is CSc1cccc(NC(=O)CN2C(=O)[C@H](C(=O)N3CCCCC3)Sc3ccccc32)c1. The van der Waals surface area contributed by atoms with E-state index in [-0.39, 0.29) is 24.3 Å². The lowest BCUT2D eigenvalue weighted by molar-refractivity contribution is -0.135. The van der Waals surface area contributed by atoms with Crippen molar-refractivity contribution in [1.82, 2.24) is 4.90 Å². The molecule has 3 amide bonds. The molecule has 2 aliphatic rings. The summed E-state index contributed by atoms with van der Waals surface area (Å²) in [6.45, 7) is 1.25. The molecule has 2 aromatic carbocycles.